The van der Waals surface area contributed by atoms with Crippen LogP contribution in [0.5, 0.6) is 0 Å². The van der Waals surface area contributed by atoms with Crippen molar-refractivity contribution in [1.29, 1.82) is 0 Å². The molecule has 1 saturated heterocycles. The van der Waals surface area contributed by atoms with Crippen molar-refractivity contribution < 1.29 is 9.90 Å². The Morgan fingerprint density at radius 2 is 2.11 bits per heavy atom. The van der Waals surface area contributed by atoms with Gasteiger partial charge in [0, 0.05) is 37.5 Å². The Labute approximate surface area is 219 Å². The van der Waals surface area contributed by atoms with Gasteiger partial charge in [0.2, 0.25) is 11.9 Å². The van der Waals surface area contributed by atoms with E-state index < -0.39 is 0 Å². The maximum atomic E-state index is 13.2. The number of benzene rings is 1. The Bertz CT molecular complexity index is 1220. The number of fused-ring (bicyclic) bond motifs is 1. The number of aromatic nitrogens is 4. The molecule has 2 aromatic heterocycles. The summed E-state index contributed by atoms with van der Waals surface area (Å²) in [6.45, 7) is 6.84. The van der Waals surface area contributed by atoms with Crippen molar-refractivity contribution in [2.75, 3.05) is 25.0 Å². The second-order valence-electron chi connectivity index (χ2n) is 10.8. The highest BCUT2D eigenvalue weighted by Gasteiger charge is 2.30. The second kappa shape index (κ2) is 11.4. The van der Waals surface area contributed by atoms with Gasteiger partial charge in [-0.25, -0.2) is 9.97 Å². The molecule has 0 bridgehead atoms. The first kappa shape index (κ1) is 25.4. The minimum absolute atomic E-state index is 0.0390. The number of nitrogens with zero attached hydrogens (tertiary/aromatic N) is 5. The highest BCUT2D eigenvalue weighted by Crippen LogP contribution is 2.36. The molecule has 1 aromatic carbocycles. The summed E-state index contributed by atoms with van der Waals surface area (Å²) in [7, 11) is 0. The van der Waals surface area contributed by atoms with Gasteiger partial charge in [0.15, 0.2) is 0 Å². The van der Waals surface area contributed by atoms with E-state index in [1.54, 1.807) is 17.1 Å². The zero-order valence-corrected chi connectivity index (χ0v) is 21.9. The molecular formula is C29H38N6O2. The van der Waals surface area contributed by atoms with Crippen molar-refractivity contribution in [2.45, 2.75) is 64.8 Å². The van der Waals surface area contributed by atoms with E-state index in [4.69, 9.17) is 10.1 Å². The predicted molar refractivity (Wildman–Crippen MR) is 145 cm³/mol. The number of aliphatic hydroxyl groups excluding tert-OH is 1. The average Bonchev–Trinajstić information content (AvgIpc) is 3.52. The molecule has 2 N–H and O–H groups in total. The number of hydrogen-bond donors (Lipinski definition) is 2. The summed E-state index contributed by atoms with van der Waals surface area (Å²) in [6.07, 6.45) is 11.4. The number of likely N-dealkylation sites (tertiary alicyclic amines) is 1. The summed E-state index contributed by atoms with van der Waals surface area (Å²) < 4.78 is 1.67. The van der Waals surface area contributed by atoms with Crippen LogP contribution in [0.3, 0.4) is 0 Å². The van der Waals surface area contributed by atoms with E-state index in [0.717, 1.165) is 62.1 Å². The molecule has 1 amide bonds. The maximum absolute atomic E-state index is 13.2. The summed E-state index contributed by atoms with van der Waals surface area (Å²) in [5.41, 5.74) is 5.37. The van der Waals surface area contributed by atoms with Crippen LogP contribution in [0.1, 0.15) is 63.0 Å². The van der Waals surface area contributed by atoms with Gasteiger partial charge in [-0.1, -0.05) is 32.4 Å². The van der Waals surface area contributed by atoms with E-state index in [2.05, 4.69) is 52.3 Å². The van der Waals surface area contributed by atoms with E-state index in [9.17, 15) is 4.79 Å². The Morgan fingerprint density at radius 3 is 2.92 bits per heavy atom. The zero-order chi connectivity index (χ0) is 25.8. The van der Waals surface area contributed by atoms with Crippen LogP contribution in [0, 0.1) is 11.8 Å². The van der Waals surface area contributed by atoms with Crippen LogP contribution < -0.4 is 5.32 Å². The largest absolute Gasteiger partial charge is 0.394 e. The van der Waals surface area contributed by atoms with E-state index in [1.165, 1.54) is 11.1 Å². The molecule has 0 radical (unpaired) electrons. The number of anilines is 2. The van der Waals surface area contributed by atoms with Crippen molar-refractivity contribution in [1.82, 2.24) is 24.6 Å². The number of amides is 1. The van der Waals surface area contributed by atoms with E-state index in [1.807, 2.05) is 12.3 Å². The maximum Gasteiger partial charge on any atom is 0.227 e. The van der Waals surface area contributed by atoms with Gasteiger partial charge >= 0.3 is 0 Å². The Hall–Kier alpha value is -3.26. The highest BCUT2D eigenvalue weighted by molar-refractivity contribution is 5.77. The summed E-state index contributed by atoms with van der Waals surface area (Å²) in [5, 5.41) is 16.5. The van der Waals surface area contributed by atoms with Crippen molar-refractivity contribution in [2.24, 2.45) is 11.8 Å². The summed E-state index contributed by atoms with van der Waals surface area (Å²) in [6, 6.07) is 8.55. The number of nitrogens with one attached hydrogen (secondary N) is 1. The topological polar surface area (TPSA) is 96.2 Å². The lowest BCUT2D eigenvalue weighted by Crippen LogP contribution is -2.30. The smallest absolute Gasteiger partial charge is 0.227 e. The minimum Gasteiger partial charge on any atom is -0.394 e. The number of hydrogen-bond acceptors (Lipinski definition) is 6. The number of carbonyl (C=O) groups excluding carboxylic acids is 1. The SMILES string of the molecule is CC(C)C1CCN(C(=O)CC2CCCCc3cc(-c4ccnc(Nc5cnn(CCO)c5)n4)ccc32)C1. The molecule has 8 heteroatoms. The van der Waals surface area contributed by atoms with E-state index in [-0.39, 0.29) is 12.5 Å². The molecular weight excluding hydrogens is 464 g/mol. The molecule has 5 rings (SSSR count). The second-order valence-corrected chi connectivity index (χ2v) is 10.8. The monoisotopic (exact) mass is 502 g/mol. The highest BCUT2D eigenvalue weighted by atomic mass is 16.3. The minimum atomic E-state index is 0.0390. The van der Waals surface area contributed by atoms with E-state index in [0.29, 0.717) is 36.7 Å². The van der Waals surface area contributed by atoms with Crippen LogP contribution in [0.4, 0.5) is 11.6 Å². The van der Waals surface area contributed by atoms with Crippen LogP contribution in [0.2, 0.25) is 0 Å². The molecule has 8 nitrogen and oxygen atoms in total. The third kappa shape index (κ3) is 6.01. The normalized spacial score (nSPS) is 19.6. The summed E-state index contributed by atoms with van der Waals surface area (Å²) in [4.78, 5) is 24.4. The number of rotatable bonds is 8. The van der Waals surface area contributed by atoms with Gasteiger partial charge < -0.3 is 15.3 Å². The molecule has 0 spiro atoms. The standard InChI is InChI=1S/C29H38N6O2/c1-20(2)24-10-12-34(18-24)28(37)16-22-6-4-3-5-21-15-23(7-8-26(21)22)27-9-11-30-29(33-27)32-25-17-31-35(19-25)13-14-36/h7-9,11,15,17,19-20,22,24,36H,3-6,10,12-14,16,18H2,1-2H3,(H,30,32,33). The first-order chi connectivity index (χ1) is 18.0. The van der Waals surface area contributed by atoms with Crippen LogP contribution in [-0.4, -0.2) is 55.4 Å². The average molecular weight is 503 g/mol. The first-order valence-electron chi connectivity index (χ1n) is 13.6. The molecule has 1 fully saturated rings. The van der Waals surface area contributed by atoms with Crippen molar-refractivity contribution in [3.05, 3.63) is 54.0 Å². The van der Waals surface area contributed by atoms with Gasteiger partial charge in [0.1, 0.15) is 0 Å². The quantitative estimate of drug-likeness (QED) is 0.431. The zero-order valence-electron chi connectivity index (χ0n) is 21.9. The van der Waals surface area contributed by atoms with Crippen LogP contribution in [0.15, 0.2) is 42.9 Å². The van der Waals surface area contributed by atoms with Crippen molar-refractivity contribution in [3.63, 3.8) is 0 Å². The fourth-order valence-corrected chi connectivity index (χ4v) is 5.71. The number of aryl methyl sites for hydroxylation is 1. The lowest BCUT2D eigenvalue weighted by atomic mass is 9.88. The molecule has 3 heterocycles. The molecule has 0 saturated carbocycles. The lowest BCUT2D eigenvalue weighted by Gasteiger charge is -2.23. The van der Waals surface area contributed by atoms with Gasteiger partial charge in [-0.15, -0.1) is 0 Å². The van der Waals surface area contributed by atoms with Gasteiger partial charge in [0.25, 0.3) is 0 Å². The van der Waals surface area contributed by atoms with Gasteiger partial charge in [0.05, 0.1) is 30.7 Å². The first-order valence-corrected chi connectivity index (χ1v) is 13.6. The third-order valence-electron chi connectivity index (χ3n) is 7.94. The van der Waals surface area contributed by atoms with Crippen LogP contribution >= 0.6 is 0 Å². The van der Waals surface area contributed by atoms with E-state index >= 15 is 0 Å². The van der Waals surface area contributed by atoms with Crippen molar-refractivity contribution in [3.8, 4) is 11.3 Å². The number of carbonyl (C=O) groups is 1. The fraction of sp³-hybridized carbons (Fsp3) is 0.517. The molecule has 1 aliphatic heterocycles. The van der Waals surface area contributed by atoms with Gasteiger partial charge in [-0.2, -0.15) is 5.10 Å². The molecule has 3 aromatic rings. The van der Waals surface area contributed by atoms with Gasteiger partial charge in [-0.05, 0) is 66.7 Å². The van der Waals surface area contributed by atoms with Crippen LogP contribution in [0.25, 0.3) is 11.3 Å². The Kier molecular flexibility index (Phi) is 7.84. The molecule has 2 aliphatic rings. The Morgan fingerprint density at radius 1 is 1.22 bits per heavy atom. The molecule has 37 heavy (non-hydrogen) atoms. The fourth-order valence-electron chi connectivity index (χ4n) is 5.71. The molecule has 1 aliphatic carbocycles. The van der Waals surface area contributed by atoms with Gasteiger partial charge in [-0.3, -0.25) is 9.48 Å². The summed E-state index contributed by atoms with van der Waals surface area (Å²) in [5.74, 6) is 2.38. The molecule has 2 unspecified atom stereocenters. The summed E-state index contributed by atoms with van der Waals surface area (Å²) >= 11 is 0. The predicted octanol–water partition coefficient (Wildman–Crippen LogP) is 4.78. The molecule has 196 valence electrons. The van der Waals surface area contributed by atoms with Crippen LogP contribution in [-0.2, 0) is 17.8 Å². The number of aliphatic hydroxyl groups is 1. The van der Waals surface area contributed by atoms with Crippen molar-refractivity contribution >= 4 is 17.5 Å². The molecule has 2 atom stereocenters. The third-order valence-corrected chi connectivity index (χ3v) is 7.94. The Balaban J connectivity index is 1.31. The lowest BCUT2D eigenvalue weighted by molar-refractivity contribution is -0.130.